The zero-order chi connectivity index (χ0) is 11.5. The molecule has 16 heavy (non-hydrogen) atoms. The van der Waals surface area contributed by atoms with Gasteiger partial charge in [0.15, 0.2) is 4.34 Å². The number of halogens is 1. The maximum Gasteiger partial charge on any atom is 0.267 e. The maximum atomic E-state index is 11.7. The molecule has 0 aromatic carbocycles. The number of thiophene rings is 1. The van der Waals surface area contributed by atoms with Crippen molar-refractivity contribution in [3.05, 3.63) is 21.3 Å². The molecule has 0 atom stereocenters. The molecule has 84 valence electrons. The minimum Gasteiger partial charge on any atom is -0.296 e. The van der Waals surface area contributed by atoms with Crippen molar-refractivity contribution in [1.29, 1.82) is 0 Å². The Balaban J connectivity index is 2.07. The van der Waals surface area contributed by atoms with Crippen molar-refractivity contribution < 1.29 is 4.79 Å². The lowest BCUT2D eigenvalue weighted by molar-refractivity contribution is 0.103. The first kappa shape index (κ1) is 11.8. The molecule has 2 aromatic heterocycles. The van der Waals surface area contributed by atoms with Crippen molar-refractivity contribution >= 4 is 57.1 Å². The number of thioether (sulfide) groups is 1. The molecule has 0 saturated heterocycles. The number of anilines is 1. The molecule has 2 rings (SSSR count). The van der Waals surface area contributed by atoms with E-state index in [0.717, 1.165) is 4.34 Å². The van der Waals surface area contributed by atoms with Gasteiger partial charge in [0.2, 0.25) is 5.13 Å². The average Bonchev–Trinajstić information content (AvgIpc) is 2.87. The lowest BCUT2D eigenvalue weighted by Gasteiger charge is -1.95. The monoisotopic (exact) mass is 291 g/mol. The molecular weight excluding hydrogens is 286 g/mol. The van der Waals surface area contributed by atoms with E-state index < -0.39 is 0 Å². The molecule has 2 heterocycles. The van der Waals surface area contributed by atoms with E-state index in [1.54, 1.807) is 12.1 Å². The van der Waals surface area contributed by atoms with Crippen LogP contribution in [0.15, 0.2) is 16.5 Å². The van der Waals surface area contributed by atoms with Gasteiger partial charge in [0, 0.05) is 0 Å². The number of carbonyl (C=O) groups excluding carboxylic acids is 1. The zero-order valence-corrected chi connectivity index (χ0v) is 11.3. The van der Waals surface area contributed by atoms with Gasteiger partial charge in [0.1, 0.15) is 0 Å². The Hall–Kier alpha value is -0.630. The molecule has 0 bridgehead atoms. The first-order chi connectivity index (χ1) is 7.69. The molecule has 0 aliphatic heterocycles. The van der Waals surface area contributed by atoms with Crippen LogP contribution in [0.5, 0.6) is 0 Å². The number of nitrogens with one attached hydrogen (secondary N) is 1. The fraction of sp³-hybridized carbons (Fsp3) is 0.125. The summed E-state index contributed by atoms with van der Waals surface area (Å²) < 4.78 is 1.41. The summed E-state index contributed by atoms with van der Waals surface area (Å²) in [6.45, 7) is 0. The van der Waals surface area contributed by atoms with E-state index in [2.05, 4.69) is 15.5 Å². The van der Waals surface area contributed by atoms with Crippen molar-refractivity contribution in [3.63, 3.8) is 0 Å². The SMILES string of the molecule is CSc1nnc(NC(=O)c2ccc(Cl)s2)s1. The first-order valence-corrected chi connectivity index (χ1v) is 7.37. The second-order valence-electron chi connectivity index (χ2n) is 2.64. The summed E-state index contributed by atoms with van der Waals surface area (Å²) in [6, 6.07) is 3.37. The molecule has 0 unspecified atom stereocenters. The summed E-state index contributed by atoms with van der Waals surface area (Å²) in [4.78, 5) is 12.3. The molecular formula is C8H6ClN3OS3. The number of nitrogens with zero attached hydrogens (tertiary/aromatic N) is 2. The Labute approximate surface area is 109 Å². The second-order valence-corrected chi connectivity index (χ2v) is 6.38. The lowest BCUT2D eigenvalue weighted by atomic mass is 10.4. The molecule has 1 N–H and O–H groups in total. The summed E-state index contributed by atoms with van der Waals surface area (Å²) in [6.07, 6.45) is 1.91. The quantitative estimate of drug-likeness (QED) is 0.697. The predicted octanol–water partition coefficient (Wildman–Crippen LogP) is 3.23. The van der Waals surface area contributed by atoms with Crippen molar-refractivity contribution in [3.8, 4) is 0 Å². The Kier molecular flexibility index (Phi) is 3.80. The molecule has 4 nitrogen and oxygen atoms in total. The van der Waals surface area contributed by atoms with Crippen molar-refractivity contribution in [2.75, 3.05) is 11.6 Å². The van der Waals surface area contributed by atoms with Crippen LogP contribution in [0.4, 0.5) is 5.13 Å². The highest BCUT2D eigenvalue weighted by Crippen LogP contribution is 2.25. The van der Waals surface area contributed by atoms with E-state index in [-0.39, 0.29) is 5.91 Å². The molecule has 0 spiro atoms. The van der Waals surface area contributed by atoms with Gasteiger partial charge in [-0.15, -0.1) is 21.5 Å². The van der Waals surface area contributed by atoms with E-state index in [4.69, 9.17) is 11.6 Å². The van der Waals surface area contributed by atoms with E-state index in [0.29, 0.717) is 14.3 Å². The van der Waals surface area contributed by atoms with Gasteiger partial charge in [-0.25, -0.2) is 0 Å². The summed E-state index contributed by atoms with van der Waals surface area (Å²) >= 11 is 9.81. The average molecular weight is 292 g/mol. The maximum absolute atomic E-state index is 11.7. The van der Waals surface area contributed by atoms with E-state index >= 15 is 0 Å². The Morgan fingerprint density at radius 1 is 1.44 bits per heavy atom. The minimum absolute atomic E-state index is 0.208. The van der Waals surface area contributed by atoms with Gasteiger partial charge in [-0.2, -0.15) is 0 Å². The molecule has 0 radical (unpaired) electrons. The minimum atomic E-state index is -0.208. The third-order valence-electron chi connectivity index (χ3n) is 1.60. The highest BCUT2D eigenvalue weighted by Gasteiger charge is 2.11. The summed E-state index contributed by atoms with van der Waals surface area (Å²) in [5.41, 5.74) is 0. The number of hydrogen-bond acceptors (Lipinski definition) is 6. The van der Waals surface area contributed by atoms with Crippen LogP contribution >= 0.6 is 46.0 Å². The van der Waals surface area contributed by atoms with Crippen LogP contribution in [0.3, 0.4) is 0 Å². The van der Waals surface area contributed by atoms with Crippen molar-refractivity contribution in [1.82, 2.24) is 10.2 Å². The van der Waals surface area contributed by atoms with E-state index in [1.165, 1.54) is 34.4 Å². The van der Waals surface area contributed by atoms with Gasteiger partial charge < -0.3 is 0 Å². The van der Waals surface area contributed by atoms with E-state index in [9.17, 15) is 4.79 Å². The van der Waals surface area contributed by atoms with Crippen LogP contribution in [0.2, 0.25) is 4.34 Å². The van der Waals surface area contributed by atoms with Crippen LogP contribution in [-0.4, -0.2) is 22.4 Å². The van der Waals surface area contributed by atoms with Crippen LogP contribution in [0.1, 0.15) is 9.67 Å². The van der Waals surface area contributed by atoms with E-state index in [1.807, 2.05) is 6.26 Å². The topological polar surface area (TPSA) is 54.9 Å². The fourth-order valence-corrected chi connectivity index (χ4v) is 3.04. The van der Waals surface area contributed by atoms with Gasteiger partial charge in [-0.05, 0) is 18.4 Å². The molecule has 0 fully saturated rings. The Bertz CT molecular complexity index is 510. The first-order valence-electron chi connectivity index (χ1n) is 4.13. The Morgan fingerprint density at radius 3 is 2.81 bits per heavy atom. The smallest absolute Gasteiger partial charge is 0.267 e. The number of rotatable bonds is 3. The number of amides is 1. The highest BCUT2D eigenvalue weighted by molar-refractivity contribution is 8.00. The predicted molar refractivity (Wildman–Crippen MR) is 69.0 cm³/mol. The molecule has 0 aliphatic carbocycles. The third-order valence-corrected chi connectivity index (χ3v) is 4.64. The number of hydrogen-bond donors (Lipinski definition) is 1. The van der Waals surface area contributed by atoms with Crippen molar-refractivity contribution in [2.45, 2.75) is 4.34 Å². The number of carbonyl (C=O) groups is 1. The summed E-state index contributed by atoms with van der Waals surface area (Å²) in [5.74, 6) is -0.208. The Morgan fingerprint density at radius 2 is 2.25 bits per heavy atom. The van der Waals surface area contributed by atoms with Crippen LogP contribution in [0.25, 0.3) is 0 Å². The van der Waals surface area contributed by atoms with Gasteiger partial charge in [0.25, 0.3) is 5.91 Å². The number of aromatic nitrogens is 2. The van der Waals surface area contributed by atoms with Crippen molar-refractivity contribution in [2.24, 2.45) is 0 Å². The second kappa shape index (κ2) is 5.13. The molecule has 8 heteroatoms. The normalized spacial score (nSPS) is 10.4. The standard InChI is InChI=1S/C8H6ClN3OS3/c1-14-8-12-11-7(16-8)10-6(13)4-2-3-5(9)15-4/h2-3H,1H3,(H,10,11,13). The lowest BCUT2D eigenvalue weighted by Crippen LogP contribution is -2.09. The van der Waals surface area contributed by atoms with Gasteiger partial charge in [-0.1, -0.05) is 34.7 Å². The molecule has 0 saturated carbocycles. The molecule has 2 aromatic rings. The third kappa shape index (κ3) is 2.73. The van der Waals surface area contributed by atoms with Crippen LogP contribution < -0.4 is 5.32 Å². The molecule has 1 amide bonds. The largest absolute Gasteiger partial charge is 0.296 e. The zero-order valence-electron chi connectivity index (χ0n) is 8.06. The molecule has 0 aliphatic rings. The fourth-order valence-electron chi connectivity index (χ4n) is 0.938. The summed E-state index contributed by atoms with van der Waals surface area (Å²) in [5, 5.41) is 10.9. The van der Waals surface area contributed by atoms with Gasteiger partial charge in [0.05, 0.1) is 9.21 Å². The van der Waals surface area contributed by atoms with Gasteiger partial charge >= 0.3 is 0 Å². The van der Waals surface area contributed by atoms with Gasteiger partial charge in [-0.3, -0.25) is 10.1 Å². The van der Waals surface area contributed by atoms with Crippen LogP contribution in [0, 0.1) is 0 Å². The van der Waals surface area contributed by atoms with Crippen LogP contribution in [-0.2, 0) is 0 Å². The summed E-state index contributed by atoms with van der Waals surface area (Å²) in [7, 11) is 0. The highest BCUT2D eigenvalue weighted by atomic mass is 35.5.